The number of nitrogens with zero attached hydrogens (tertiary/aromatic N) is 2. The fourth-order valence-corrected chi connectivity index (χ4v) is 2.73. The van der Waals surface area contributed by atoms with E-state index in [1.54, 1.807) is 23.4 Å². The first-order chi connectivity index (χ1) is 11.1. The third-order valence-electron chi connectivity index (χ3n) is 4.00. The van der Waals surface area contributed by atoms with Crippen LogP contribution in [-0.4, -0.2) is 28.2 Å². The second kappa shape index (κ2) is 6.64. The van der Waals surface area contributed by atoms with E-state index in [1.165, 1.54) is 0 Å². The summed E-state index contributed by atoms with van der Waals surface area (Å²) in [7, 11) is 0. The highest BCUT2D eigenvalue weighted by molar-refractivity contribution is 5.89. The van der Waals surface area contributed by atoms with Gasteiger partial charge < -0.3 is 14.6 Å². The van der Waals surface area contributed by atoms with Crippen molar-refractivity contribution in [2.75, 3.05) is 6.54 Å². The fourth-order valence-electron chi connectivity index (χ4n) is 2.73. The Hall–Kier alpha value is -2.63. The predicted molar refractivity (Wildman–Crippen MR) is 83.0 cm³/mol. The van der Waals surface area contributed by atoms with Crippen molar-refractivity contribution >= 4 is 11.8 Å². The van der Waals surface area contributed by atoms with Crippen molar-refractivity contribution in [1.29, 1.82) is 0 Å². The molecule has 120 valence electrons. The first-order valence-electron chi connectivity index (χ1n) is 7.65. The molecule has 1 aliphatic rings. The zero-order valence-electron chi connectivity index (χ0n) is 12.9. The van der Waals surface area contributed by atoms with Crippen molar-refractivity contribution < 1.29 is 14.0 Å². The molecule has 1 N–H and O–H groups in total. The smallest absolute Gasteiger partial charge is 0.225 e. The maximum Gasteiger partial charge on any atom is 0.225 e. The first-order valence-corrected chi connectivity index (χ1v) is 7.65. The fraction of sp³-hybridized carbons (Fsp3) is 0.353. The number of likely N-dealkylation sites (tertiary alicyclic amines) is 1. The summed E-state index contributed by atoms with van der Waals surface area (Å²) >= 11 is 0. The number of nitrogens with one attached hydrogen (secondary N) is 1. The highest BCUT2D eigenvalue weighted by Crippen LogP contribution is 2.21. The third-order valence-corrected chi connectivity index (χ3v) is 4.00. The average Bonchev–Trinajstić information content (AvgIpc) is 3.19. The molecule has 1 aliphatic heterocycles. The highest BCUT2D eigenvalue weighted by atomic mass is 16.3. The molecular weight excluding hydrogens is 294 g/mol. The summed E-state index contributed by atoms with van der Waals surface area (Å²) in [6.07, 6.45) is 3.51. The number of rotatable bonds is 5. The van der Waals surface area contributed by atoms with E-state index in [-0.39, 0.29) is 30.2 Å². The summed E-state index contributed by atoms with van der Waals surface area (Å²) in [4.78, 5) is 30.3. The van der Waals surface area contributed by atoms with Crippen LogP contribution in [-0.2, 0) is 16.1 Å². The Bertz CT molecular complexity index is 670. The van der Waals surface area contributed by atoms with E-state index in [2.05, 4.69) is 10.3 Å². The van der Waals surface area contributed by atoms with Gasteiger partial charge in [0.1, 0.15) is 5.76 Å². The van der Waals surface area contributed by atoms with Gasteiger partial charge in [-0.3, -0.25) is 14.6 Å². The van der Waals surface area contributed by atoms with Gasteiger partial charge in [0, 0.05) is 19.2 Å². The van der Waals surface area contributed by atoms with Gasteiger partial charge in [0.25, 0.3) is 0 Å². The molecule has 2 amide bonds. The molecule has 0 aromatic carbocycles. The van der Waals surface area contributed by atoms with Crippen molar-refractivity contribution in [3.63, 3.8) is 0 Å². The Labute approximate surface area is 134 Å². The number of hydrogen-bond donors (Lipinski definition) is 1. The van der Waals surface area contributed by atoms with Crippen LogP contribution in [0.25, 0.3) is 0 Å². The Morgan fingerprint density at radius 3 is 3.00 bits per heavy atom. The van der Waals surface area contributed by atoms with Crippen LogP contribution in [0.15, 0.2) is 47.2 Å². The second-order valence-electron chi connectivity index (χ2n) is 5.74. The minimum atomic E-state index is -0.330. The highest BCUT2D eigenvalue weighted by Gasteiger charge is 2.35. The number of furan rings is 1. The molecular formula is C17H19N3O3. The Kier molecular flexibility index (Phi) is 4.41. The summed E-state index contributed by atoms with van der Waals surface area (Å²) < 4.78 is 5.26. The number of pyridine rings is 1. The minimum absolute atomic E-state index is 0.0213. The molecule has 0 bridgehead atoms. The lowest BCUT2D eigenvalue weighted by atomic mass is 10.1. The Morgan fingerprint density at radius 2 is 2.30 bits per heavy atom. The number of amides is 2. The quantitative estimate of drug-likeness (QED) is 0.915. The summed E-state index contributed by atoms with van der Waals surface area (Å²) in [5.74, 6) is 0.260. The van der Waals surface area contributed by atoms with Crippen LogP contribution in [0.3, 0.4) is 0 Å². The molecule has 3 heterocycles. The molecule has 2 aromatic rings. The maximum atomic E-state index is 12.4. The zero-order valence-corrected chi connectivity index (χ0v) is 12.9. The Morgan fingerprint density at radius 1 is 1.43 bits per heavy atom. The number of carbonyl (C=O) groups is 2. The molecule has 0 radical (unpaired) electrons. The van der Waals surface area contributed by atoms with Crippen LogP contribution in [0.2, 0.25) is 0 Å². The van der Waals surface area contributed by atoms with Crippen LogP contribution in [0.4, 0.5) is 0 Å². The predicted octanol–water partition coefficient (Wildman–Crippen LogP) is 1.90. The summed E-state index contributed by atoms with van der Waals surface area (Å²) in [5.41, 5.74) is 0.803. The van der Waals surface area contributed by atoms with E-state index in [0.29, 0.717) is 13.1 Å². The summed E-state index contributed by atoms with van der Waals surface area (Å²) in [5, 5.41) is 2.93. The van der Waals surface area contributed by atoms with Crippen molar-refractivity contribution in [2.45, 2.75) is 25.9 Å². The molecule has 23 heavy (non-hydrogen) atoms. The molecule has 1 fully saturated rings. The molecule has 0 spiro atoms. The average molecular weight is 313 g/mol. The van der Waals surface area contributed by atoms with Crippen LogP contribution < -0.4 is 5.32 Å². The molecule has 2 unspecified atom stereocenters. The topological polar surface area (TPSA) is 75.4 Å². The van der Waals surface area contributed by atoms with Gasteiger partial charge in [-0.15, -0.1) is 0 Å². The zero-order chi connectivity index (χ0) is 16.2. The lowest BCUT2D eigenvalue weighted by molar-refractivity contribution is -0.129. The van der Waals surface area contributed by atoms with Crippen LogP contribution in [0.1, 0.15) is 30.8 Å². The van der Waals surface area contributed by atoms with Gasteiger partial charge in [0.2, 0.25) is 11.8 Å². The summed E-state index contributed by atoms with van der Waals surface area (Å²) in [6.45, 7) is 2.71. The van der Waals surface area contributed by atoms with Crippen molar-refractivity contribution in [3.8, 4) is 0 Å². The number of hydrogen-bond acceptors (Lipinski definition) is 4. The molecule has 6 heteroatoms. The van der Waals surface area contributed by atoms with Crippen LogP contribution in [0.5, 0.6) is 0 Å². The van der Waals surface area contributed by atoms with E-state index < -0.39 is 0 Å². The number of carbonyl (C=O) groups excluding carboxylic acids is 2. The van der Waals surface area contributed by atoms with Crippen LogP contribution >= 0.6 is 0 Å². The van der Waals surface area contributed by atoms with E-state index in [4.69, 9.17) is 4.42 Å². The molecule has 0 saturated carbocycles. The first kappa shape index (κ1) is 15.3. The van der Waals surface area contributed by atoms with Gasteiger partial charge in [0.15, 0.2) is 0 Å². The molecule has 0 aliphatic carbocycles. The normalized spacial score (nSPS) is 18.9. The largest absolute Gasteiger partial charge is 0.467 e. The molecule has 6 nitrogen and oxygen atoms in total. The van der Waals surface area contributed by atoms with Crippen LogP contribution in [0, 0.1) is 5.92 Å². The maximum absolute atomic E-state index is 12.4. The van der Waals surface area contributed by atoms with E-state index in [1.807, 2.05) is 31.2 Å². The third kappa shape index (κ3) is 3.59. The van der Waals surface area contributed by atoms with Gasteiger partial charge in [-0.05, 0) is 31.2 Å². The van der Waals surface area contributed by atoms with E-state index in [9.17, 15) is 9.59 Å². The lowest BCUT2D eigenvalue weighted by Crippen LogP contribution is -2.34. The molecule has 1 saturated heterocycles. The van der Waals surface area contributed by atoms with Crippen molar-refractivity contribution in [3.05, 3.63) is 54.2 Å². The van der Waals surface area contributed by atoms with Gasteiger partial charge in [0.05, 0.1) is 30.5 Å². The summed E-state index contributed by atoms with van der Waals surface area (Å²) in [6, 6.07) is 9.01. The molecule has 2 aromatic heterocycles. The van der Waals surface area contributed by atoms with Crippen molar-refractivity contribution in [2.24, 2.45) is 5.92 Å². The Balaban J connectivity index is 1.57. The van der Waals surface area contributed by atoms with E-state index >= 15 is 0 Å². The van der Waals surface area contributed by atoms with E-state index in [0.717, 1.165) is 11.5 Å². The minimum Gasteiger partial charge on any atom is -0.467 e. The SMILES string of the molecule is CC(NC(=O)C1CC(=O)N(Cc2ccco2)C1)c1ccccn1. The second-order valence-corrected chi connectivity index (χ2v) is 5.74. The molecule has 2 atom stereocenters. The van der Waals surface area contributed by atoms with Crippen molar-refractivity contribution in [1.82, 2.24) is 15.2 Å². The monoisotopic (exact) mass is 313 g/mol. The van der Waals surface area contributed by atoms with Gasteiger partial charge in [-0.2, -0.15) is 0 Å². The lowest BCUT2D eigenvalue weighted by Gasteiger charge is -2.17. The van der Waals surface area contributed by atoms with Gasteiger partial charge >= 0.3 is 0 Å². The van der Waals surface area contributed by atoms with Gasteiger partial charge in [-0.25, -0.2) is 0 Å². The molecule has 3 rings (SSSR count). The van der Waals surface area contributed by atoms with Gasteiger partial charge in [-0.1, -0.05) is 6.07 Å². The number of aromatic nitrogens is 1. The standard InChI is InChI=1S/C17H19N3O3/c1-12(15-6-2-3-7-18-15)19-17(22)13-9-16(21)20(10-13)11-14-5-4-8-23-14/h2-8,12-13H,9-11H2,1H3,(H,19,22).